The highest BCUT2D eigenvalue weighted by molar-refractivity contribution is 5.70. The summed E-state index contributed by atoms with van der Waals surface area (Å²) in [6, 6.07) is 0. The highest BCUT2D eigenvalue weighted by atomic mass is 16.5. The molecule has 92 valence electrons. The Bertz CT molecular complexity index is 437. The zero-order valence-electron chi connectivity index (χ0n) is 9.50. The van der Waals surface area contributed by atoms with Gasteiger partial charge in [-0.25, -0.2) is 9.67 Å². The number of aryl methyl sites for hydroxylation is 1. The Kier molecular flexibility index (Phi) is 2.58. The number of carboxylic acids is 1. The molecular weight excluding hydrogens is 222 g/mol. The van der Waals surface area contributed by atoms with Crippen LogP contribution in [0.1, 0.15) is 30.4 Å². The van der Waals surface area contributed by atoms with Crippen molar-refractivity contribution in [3.63, 3.8) is 0 Å². The maximum Gasteiger partial charge on any atom is 0.307 e. The fraction of sp³-hybridized carbons (Fsp3) is 0.727. The number of hydrogen-bond donors (Lipinski definition) is 1. The summed E-state index contributed by atoms with van der Waals surface area (Å²) < 4.78 is 7.17. The zero-order valence-corrected chi connectivity index (χ0v) is 9.50. The van der Waals surface area contributed by atoms with E-state index in [1.165, 1.54) is 0 Å². The summed E-state index contributed by atoms with van der Waals surface area (Å²) >= 11 is 0. The summed E-state index contributed by atoms with van der Waals surface area (Å²) in [4.78, 5) is 15.4. The molecule has 2 aliphatic heterocycles. The summed E-state index contributed by atoms with van der Waals surface area (Å²) in [5, 5.41) is 13.5. The average molecular weight is 237 g/mol. The van der Waals surface area contributed by atoms with Crippen LogP contribution in [0, 0.1) is 5.92 Å². The van der Waals surface area contributed by atoms with Crippen molar-refractivity contribution in [1.29, 1.82) is 0 Å². The third-order valence-corrected chi connectivity index (χ3v) is 3.53. The van der Waals surface area contributed by atoms with Crippen LogP contribution in [0.4, 0.5) is 0 Å². The lowest BCUT2D eigenvalue weighted by molar-refractivity contribution is -0.142. The van der Waals surface area contributed by atoms with Gasteiger partial charge in [0, 0.05) is 25.5 Å². The largest absolute Gasteiger partial charge is 0.481 e. The van der Waals surface area contributed by atoms with Gasteiger partial charge in [-0.15, -0.1) is 0 Å². The van der Waals surface area contributed by atoms with Gasteiger partial charge in [-0.2, -0.15) is 5.10 Å². The van der Waals surface area contributed by atoms with E-state index >= 15 is 0 Å². The molecule has 0 amide bonds. The number of carbonyl (C=O) groups is 1. The fourth-order valence-electron chi connectivity index (χ4n) is 2.45. The number of aliphatic carboxylic acids is 1. The lowest BCUT2D eigenvalue weighted by Gasteiger charge is -2.17. The van der Waals surface area contributed by atoms with Crippen LogP contribution in [-0.2, 0) is 22.5 Å². The molecular formula is C11H15N3O3. The number of fused-ring (bicyclic) bond motifs is 1. The SMILES string of the molecule is O=C(O)C1CCn2nc(C3CCOC3)nc2C1. The quantitative estimate of drug-likeness (QED) is 0.807. The van der Waals surface area contributed by atoms with E-state index in [-0.39, 0.29) is 11.8 Å². The summed E-state index contributed by atoms with van der Waals surface area (Å²) in [6.45, 7) is 2.12. The Morgan fingerprint density at radius 1 is 1.47 bits per heavy atom. The smallest absolute Gasteiger partial charge is 0.307 e. The monoisotopic (exact) mass is 237 g/mol. The van der Waals surface area contributed by atoms with Gasteiger partial charge >= 0.3 is 5.97 Å². The molecule has 1 aromatic heterocycles. The van der Waals surface area contributed by atoms with Crippen LogP contribution in [0.5, 0.6) is 0 Å². The molecule has 0 aliphatic carbocycles. The molecule has 1 fully saturated rings. The van der Waals surface area contributed by atoms with E-state index < -0.39 is 5.97 Å². The van der Waals surface area contributed by atoms with E-state index in [4.69, 9.17) is 9.84 Å². The normalized spacial score (nSPS) is 28.0. The van der Waals surface area contributed by atoms with Gasteiger partial charge in [-0.05, 0) is 12.8 Å². The third kappa shape index (κ3) is 1.93. The molecule has 6 heteroatoms. The molecule has 0 spiro atoms. The van der Waals surface area contributed by atoms with Crippen molar-refractivity contribution < 1.29 is 14.6 Å². The number of rotatable bonds is 2. The maximum absolute atomic E-state index is 10.9. The van der Waals surface area contributed by atoms with E-state index in [0.717, 1.165) is 24.7 Å². The number of aromatic nitrogens is 3. The van der Waals surface area contributed by atoms with Crippen LogP contribution in [0.3, 0.4) is 0 Å². The Balaban J connectivity index is 1.81. The number of hydrogen-bond acceptors (Lipinski definition) is 4. The third-order valence-electron chi connectivity index (χ3n) is 3.53. The molecule has 2 unspecified atom stereocenters. The molecule has 17 heavy (non-hydrogen) atoms. The van der Waals surface area contributed by atoms with Crippen LogP contribution < -0.4 is 0 Å². The van der Waals surface area contributed by atoms with Gasteiger partial charge in [0.15, 0.2) is 5.82 Å². The number of nitrogens with zero attached hydrogens (tertiary/aromatic N) is 3. The van der Waals surface area contributed by atoms with Crippen LogP contribution in [0.2, 0.25) is 0 Å². The van der Waals surface area contributed by atoms with E-state index in [2.05, 4.69) is 10.1 Å². The molecule has 2 atom stereocenters. The molecule has 2 aliphatic rings. The Morgan fingerprint density at radius 3 is 3.06 bits per heavy atom. The van der Waals surface area contributed by atoms with Gasteiger partial charge in [0.2, 0.25) is 0 Å². The molecule has 0 radical (unpaired) electrons. The van der Waals surface area contributed by atoms with Gasteiger partial charge in [-0.1, -0.05) is 0 Å². The molecule has 0 saturated carbocycles. The lowest BCUT2D eigenvalue weighted by Crippen LogP contribution is -2.26. The first kappa shape index (κ1) is 10.7. The second-order valence-corrected chi connectivity index (χ2v) is 4.70. The van der Waals surface area contributed by atoms with Crippen LogP contribution >= 0.6 is 0 Å². The Labute approximate surface area is 98.6 Å². The molecule has 1 saturated heterocycles. The highest BCUT2D eigenvalue weighted by Crippen LogP contribution is 2.25. The summed E-state index contributed by atoms with van der Waals surface area (Å²) in [7, 11) is 0. The van der Waals surface area contributed by atoms with Crippen LogP contribution in [-0.4, -0.2) is 39.1 Å². The summed E-state index contributed by atoms with van der Waals surface area (Å²) in [5.41, 5.74) is 0. The molecule has 3 heterocycles. The van der Waals surface area contributed by atoms with Gasteiger partial charge in [0.25, 0.3) is 0 Å². The Hall–Kier alpha value is -1.43. The molecule has 3 rings (SSSR count). The predicted molar refractivity (Wildman–Crippen MR) is 57.6 cm³/mol. The van der Waals surface area contributed by atoms with E-state index in [1.54, 1.807) is 0 Å². The zero-order chi connectivity index (χ0) is 11.8. The van der Waals surface area contributed by atoms with Gasteiger partial charge < -0.3 is 9.84 Å². The maximum atomic E-state index is 10.9. The van der Waals surface area contributed by atoms with Crippen LogP contribution in [0.15, 0.2) is 0 Å². The van der Waals surface area contributed by atoms with Gasteiger partial charge in [-0.3, -0.25) is 4.79 Å². The fourth-order valence-corrected chi connectivity index (χ4v) is 2.45. The number of ether oxygens (including phenoxy) is 1. The summed E-state index contributed by atoms with van der Waals surface area (Å²) in [6.07, 6.45) is 2.11. The van der Waals surface area contributed by atoms with Crippen molar-refractivity contribution in [3.8, 4) is 0 Å². The van der Waals surface area contributed by atoms with Crippen molar-refractivity contribution in [1.82, 2.24) is 14.8 Å². The van der Waals surface area contributed by atoms with Crippen molar-refractivity contribution >= 4 is 5.97 Å². The second kappa shape index (κ2) is 4.10. The second-order valence-electron chi connectivity index (χ2n) is 4.70. The molecule has 0 bridgehead atoms. The molecule has 6 nitrogen and oxygen atoms in total. The highest BCUT2D eigenvalue weighted by Gasteiger charge is 2.29. The van der Waals surface area contributed by atoms with Crippen molar-refractivity contribution in [2.45, 2.75) is 31.7 Å². The Morgan fingerprint density at radius 2 is 2.35 bits per heavy atom. The minimum absolute atomic E-state index is 0.288. The van der Waals surface area contributed by atoms with Crippen molar-refractivity contribution in [2.24, 2.45) is 5.92 Å². The van der Waals surface area contributed by atoms with Crippen molar-refractivity contribution in [3.05, 3.63) is 11.6 Å². The molecule has 0 aromatic carbocycles. The van der Waals surface area contributed by atoms with Crippen LogP contribution in [0.25, 0.3) is 0 Å². The molecule has 1 aromatic rings. The average Bonchev–Trinajstić information content (AvgIpc) is 2.96. The van der Waals surface area contributed by atoms with Crippen molar-refractivity contribution in [2.75, 3.05) is 13.2 Å². The van der Waals surface area contributed by atoms with E-state index in [0.29, 0.717) is 26.0 Å². The molecule has 1 N–H and O–H groups in total. The minimum Gasteiger partial charge on any atom is -0.481 e. The van der Waals surface area contributed by atoms with E-state index in [9.17, 15) is 4.79 Å². The first-order valence-corrected chi connectivity index (χ1v) is 5.98. The minimum atomic E-state index is -0.731. The summed E-state index contributed by atoms with van der Waals surface area (Å²) in [5.74, 6) is 0.884. The standard InChI is InChI=1S/C11H15N3O3/c15-11(16)7-1-3-14-9(5-7)12-10(13-14)8-2-4-17-6-8/h7-8H,1-6H2,(H,15,16). The predicted octanol–water partition coefficient (Wildman–Crippen LogP) is 0.429. The van der Waals surface area contributed by atoms with E-state index in [1.807, 2.05) is 4.68 Å². The van der Waals surface area contributed by atoms with Gasteiger partial charge in [0.05, 0.1) is 12.5 Å². The van der Waals surface area contributed by atoms with Gasteiger partial charge in [0.1, 0.15) is 5.82 Å². The first-order valence-electron chi connectivity index (χ1n) is 5.98. The number of carboxylic acid groups (broad SMARTS) is 1. The topological polar surface area (TPSA) is 77.2 Å². The lowest BCUT2D eigenvalue weighted by atomic mass is 9.98. The first-order chi connectivity index (χ1) is 8.24.